The molecule has 2 saturated heterocycles. The van der Waals surface area contributed by atoms with Gasteiger partial charge in [-0.15, -0.1) is 0 Å². The van der Waals surface area contributed by atoms with Crippen molar-refractivity contribution < 1.29 is 13.2 Å². The lowest BCUT2D eigenvalue weighted by molar-refractivity contribution is -0.136. The third kappa shape index (κ3) is 4.08. The van der Waals surface area contributed by atoms with Gasteiger partial charge in [0.2, 0.25) is 15.9 Å². The Morgan fingerprint density at radius 3 is 2.38 bits per heavy atom. The number of benzene rings is 2. The van der Waals surface area contributed by atoms with Crippen molar-refractivity contribution in [1.29, 1.82) is 0 Å². The maximum Gasteiger partial charge on any atom is 0.243 e. The number of hydrazine groups is 1. The minimum absolute atomic E-state index is 0.0715. The van der Waals surface area contributed by atoms with Crippen molar-refractivity contribution >= 4 is 15.9 Å². The minimum atomic E-state index is -3.55. The third-order valence-electron chi connectivity index (χ3n) is 6.97. The maximum absolute atomic E-state index is 13.2. The van der Waals surface area contributed by atoms with Crippen LogP contribution in [0.25, 0.3) is 0 Å². The summed E-state index contributed by atoms with van der Waals surface area (Å²) in [6.45, 7) is 2.05. The molecular formula is C24H30N4O3S. The van der Waals surface area contributed by atoms with Crippen molar-refractivity contribution in [1.82, 2.24) is 20.1 Å². The molecule has 2 N–H and O–H groups in total. The highest BCUT2D eigenvalue weighted by molar-refractivity contribution is 7.89. The largest absolute Gasteiger partial charge is 0.340 e. The number of hydrogen-bond acceptors (Lipinski definition) is 5. The van der Waals surface area contributed by atoms with Crippen molar-refractivity contribution in [3.05, 3.63) is 65.2 Å². The summed E-state index contributed by atoms with van der Waals surface area (Å²) < 4.78 is 28.0. The molecule has 0 spiro atoms. The van der Waals surface area contributed by atoms with Crippen molar-refractivity contribution in [2.75, 3.05) is 32.7 Å². The van der Waals surface area contributed by atoms with Gasteiger partial charge >= 0.3 is 0 Å². The van der Waals surface area contributed by atoms with Crippen LogP contribution < -0.4 is 10.9 Å². The predicted molar refractivity (Wildman–Crippen MR) is 122 cm³/mol. The molecule has 2 fully saturated rings. The number of nitrogens with zero attached hydrogens (tertiary/aromatic N) is 2. The Bertz CT molecular complexity index is 1080. The van der Waals surface area contributed by atoms with E-state index in [0.29, 0.717) is 37.6 Å². The molecule has 2 unspecified atom stereocenters. The van der Waals surface area contributed by atoms with Crippen LogP contribution in [0.1, 0.15) is 35.6 Å². The smallest absolute Gasteiger partial charge is 0.243 e. The standard InChI is InChI=1S/C24H30N4O3S/c29-24(22-17-25-26-23(22)19-7-2-1-3-8-19)27-12-14-28(15-13-27)32(30,31)21-11-10-18-6-4-5-9-20(18)16-21/h1-3,7-8,10-11,16,22-23,25-26H,4-6,9,12-15,17H2. The molecule has 1 aliphatic carbocycles. The molecule has 2 aromatic rings. The molecule has 32 heavy (non-hydrogen) atoms. The molecule has 0 saturated carbocycles. The number of aryl methyl sites for hydroxylation is 2. The first-order valence-electron chi connectivity index (χ1n) is 11.5. The molecule has 8 heteroatoms. The first-order valence-corrected chi connectivity index (χ1v) is 12.9. The SMILES string of the molecule is O=C(C1CNNC1c1ccccc1)N1CCN(S(=O)(=O)c2ccc3c(c2)CCCC3)CC1. The lowest BCUT2D eigenvalue weighted by atomic mass is 9.92. The highest BCUT2D eigenvalue weighted by Gasteiger charge is 2.38. The Kier molecular flexibility index (Phi) is 6.03. The molecule has 170 valence electrons. The third-order valence-corrected chi connectivity index (χ3v) is 8.86. The summed E-state index contributed by atoms with van der Waals surface area (Å²) in [6, 6.07) is 15.5. The Morgan fingerprint density at radius 2 is 1.62 bits per heavy atom. The number of rotatable bonds is 4. The maximum atomic E-state index is 13.2. The van der Waals surface area contributed by atoms with Gasteiger partial charge in [-0.25, -0.2) is 13.8 Å². The van der Waals surface area contributed by atoms with Gasteiger partial charge in [0.05, 0.1) is 16.9 Å². The van der Waals surface area contributed by atoms with Crippen molar-refractivity contribution in [2.24, 2.45) is 5.92 Å². The van der Waals surface area contributed by atoms with E-state index in [1.54, 1.807) is 6.07 Å². The van der Waals surface area contributed by atoms with Gasteiger partial charge in [-0.05, 0) is 54.5 Å². The number of nitrogens with one attached hydrogen (secondary N) is 2. The second-order valence-electron chi connectivity index (χ2n) is 8.89. The lowest BCUT2D eigenvalue weighted by Gasteiger charge is -2.36. The minimum Gasteiger partial charge on any atom is -0.340 e. The van der Waals surface area contributed by atoms with Crippen LogP contribution in [0.2, 0.25) is 0 Å². The number of hydrogen-bond donors (Lipinski definition) is 2. The number of carbonyl (C=O) groups is 1. The molecule has 0 radical (unpaired) electrons. The summed E-state index contributed by atoms with van der Waals surface area (Å²) in [7, 11) is -3.55. The van der Waals surface area contributed by atoms with Gasteiger partial charge in [0, 0.05) is 32.7 Å². The summed E-state index contributed by atoms with van der Waals surface area (Å²) in [4.78, 5) is 15.4. The van der Waals surface area contributed by atoms with E-state index >= 15 is 0 Å². The summed E-state index contributed by atoms with van der Waals surface area (Å²) in [5, 5.41) is 0. The van der Waals surface area contributed by atoms with Crippen molar-refractivity contribution in [3.63, 3.8) is 0 Å². The Morgan fingerprint density at radius 1 is 0.906 bits per heavy atom. The van der Waals surface area contributed by atoms with Gasteiger partial charge in [-0.3, -0.25) is 10.2 Å². The van der Waals surface area contributed by atoms with E-state index < -0.39 is 10.0 Å². The average Bonchev–Trinajstić information content (AvgIpc) is 3.34. The van der Waals surface area contributed by atoms with Crippen LogP contribution in [-0.4, -0.2) is 56.3 Å². The average molecular weight is 455 g/mol. The second kappa shape index (κ2) is 8.94. The first kappa shape index (κ1) is 21.6. The number of sulfonamides is 1. The van der Waals surface area contributed by atoms with E-state index in [4.69, 9.17) is 0 Å². The fourth-order valence-electron chi connectivity index (χ4n) is 5.11. The zero-order chi connectivity index (χ0) is 22.1. The molecule has 7 nitrogen and oxygen atoms in total. The fourth-order valence-corrected chi connectivity index (χ4v) is 6.58. The van der Waals surface area contributed by atoms with Gasteiger partial charge in [0.1, 0.15) is 0 Å². The quantitative estimate of drug-likeness (QED) is 0.737. The normalized spacial score (nSPS) is 24.3. The zero-order valence-corrected chi connectivity index (χ0v) is 19.0. The monoisotopic (exact) mass is 454 g/mol. The van der Waals surface area contributed by atoms with E-state index in [-0.39, 0.29) is 17.9 Å². The zero-order valence-electron chi connectivity index (χ0n) is 18.2. The number of amides is 1. The predicted octanol–water partition coefficient (Wildman–Crippen LogP) is 1.86. The van der Waals surface area contributed by atoms with E-state index in [1.807, 2.05) is 47.4 Å². The number of piperazine rings is 1. The van der Waals surface area contributed by atoms with Crippen LogP contribution in [0.3, 0.4) is 0 Å². The van der Waals surface area contributed by atoms with Crippen LogP contribution in [0.4, 0.5) is 0 Å². The van der Waals surface area contributed by atoms with Crippen LogP contribution >= 0.6 is 0 Å². The Hall–Kier alpha value is -2.26. The van der Waals surface area contributed by atoms with Crippen LogP contribution in [0.15, 0.2) is 53.4 Å². The van der Waals surface area contributed by atoms with Crippen molar-refractivity contribution in [2.45, 2.75) is 36.6 Å². The molecule has 2 aliphatic heterocycles. The first-order chi connectivity index (χ1) is 15.5. The van der Waals surface area contributed by atoms with E-state index in [9.17, 15) is 13.2 Å². The summed E-state index contributed by atoms with van der Waals surface area (Å²) in [5.41, 5.74) is 9.85. The molecule has 5 rings (SSSR count). The molecule has 2 atom stereocenters. The summed E-state index contributed by atoms with van der Waals surface area (Å²) >= 11 is 0. The van der Waals surface area contributed by atoms with E-state index in [1.165, 1.54) is 21.9 Å². The molecule has 3 aliphatic rings. The van der Waals surface area contributed by atoms with Crippen LogP contribution in [-0.2, 0) is 27.7 Å². The molecule has 1 amide bonds. The van der Waals surface area contributed by atoms with Gasteiger partial charge in [0.25, 0.3) is 0 Å². The molecular weight excluding hydrogens is 424 g/mol. The number of carbonyl (C=O) groups excluding carboxylic acids is 1. The second-order valence-corrected chi connectivity index (χ2v) is 10.8. The van der Waals surface area contributed by atoms with E-state index in [0.717, 1.165) is 24.8 Å². The molecule has 0 bridgehead atoms. The summed E-state index contributed by atoms with van der Waals surface area (Å²) in [5.74, 6) is -0.136. The van der Waals surface area contributed by atoms with Gasteiger partial charge in [-0.1, -0.05) is 36.4 Å². The molecule has 2 heterocycles. The van der Waals surface area contributed by atoms with Crippen LogP contribution in [0.5, 0.6) is 0 Å². The van der Waals surface area contributed by atoms with Crippen molar-refractivity contribution in [3.8, 4) is 0 Å². The van der Waals surface area contributed by atoms with Gasteiger partial charge in [0.15, 0.2) is 0 Å². The van der Waals surface area contributed by atoms with Gasteiger partial charge < -0.3 is 4.90 Å². The Labute approximate surface area is 189 Å². The van der Waals surface area contributed by atoms with Crippen LogP contribution in [0, 0.1) is 5.92 Å². The Balaban J connectivity index is 1.25. The molecule has 2 aromatic carbocycles. The fraction of sp³-hybridized carbons (Fsp3) is 0.458. The highest BCUT2D eigenvalue weighted by Crippen LogP contribution is 2.28. The summed E-state index contributed by atoms with van der Waals surface area (Å²) in [6.07, 6.45) is 4.27. The highest BCUT2D eigenvalue weighted by atomic mass is 32.2. The lowest BCUT2D eigenvalue weighted by Crippen LogP contribution is -2.52. The van der Waals surface area contributed by atoms with Gasteiger partial charge in [-0.2, -0.15) is 4.31 Å². The van der Waals surface area contributed by atoms with E-state index in [2.05, 4.69) is 10.9 Å². The number of fused-ring (bicyclic) bond motifs is 1. The molecule has 0 aromatic heterocycles. The topological polar surface area (TPSA) is 81.8 Å².